The first kappa shape index (κ1) is 38.2. The summed E-state index contributed by atoms with van der Waals surface area (Å²) in [4.78, 5) is 22.5. The van der Waals surface area contributed by atoms with Crippen LogP contribution in [0.3, 0.4) is 0 Å². The molecule has 5 aromatic carbocycles. The summed E-state index contributed by atoms with van der Waals surface area (Å²) in [5.74, 6) is -2.60. The molecule has 6 aromatic rings. The van der Waals surface area contributed by atoms with Crippen molar-refractivity contribution in [3.63, 3.8) is 0 Å². The number of aromatic carboxylic acids is 1. The SMILES string of the molecule is Cc1ccc(Nc2nc(Cl)nc(Nc3cc(S(=O)(=O)O)cc4cc(SOOO)c(N=Nc5ccc6ccccc6c5S(=O)(=O)O)c(O)c34)n2)c(C(=O)O)c1. The normalized spacial score (nSPS) is 12.1. The van der Waals surface area contributed by atoms with Crippen molar-refractivity contribution in [2.24, 2.45) is 10.2 Å². The number of anilines is 4. The summed E-state index contributed by atoms with van der Waals surface area (Å²) < 4.78 is 74.2. The van der Waals surface area contributed by atoms with Crippen LogP contribution in [0.5, 0.6) is 5.75 Å². The maximum absolute atomic E-state index is 12.5. The number of aryl methyl sites for hydroxylation is 1. The summed E-state index contributed by atoms with van der Waals surface area (Å²) >= 11 is 6.43. The number of benzene rings is 5. The van der Waals surface area contributed by atoms with Crippen molar-refractivity contribution in [3.8, 4) is 5.75 Å². The number of carboxylic acids is 1. The van der Waals surface area contributed by atoms with Crippen molar-refractivity contribution in [1.82, 2.24) is 15.0 Å². The molecule has 0 aliphatic rings. The highest BCUT2D eigenvalue weighted by Gasteiger charge is 2.24. The topological polar surface area (TPSA) is 292 Å². The first-order valence-corrected chi connectivity index (χ1v) is 18.7. The molecule has 0 spiro atoms. The van der Waals surface area contributed by atoms with Crippen LogP contribution in [0.1, 0.15) is 15.9 Å². The fraction of sp³-hybridized carbons (Fsp3) is 0.0323. The highest BCUT2D eigenvalue weighted by atomic mass is 35.5. The Balaban J connectivity index is 1.52. The van der Waals surface area contributed by atoms with Gasteiger partial charge in [-0.2, -0.15) is 31.8 Å². The Labute approximate surface area is 312 Å². The van der Waals surface area contributed by atoms with Crippen LogP contribution in [-0.4, -0.2) is 62.3 Å². The number of aromatic nitrogens is 3. The molecule has 0 fully saturated rings. The van der Waals surface area contributed by atoms with Gasteiger partial charge in [-0.05, 0) is 65.7 Å². The van der Waals surface area contributed by atoms with Crippen LogP contribution in [-0.2, 0) is 29.6 Å². The Hall–Kier alpha value is -5.56. The van der Waals surface area contributed by atoms with Gasteiger partial charge in [0.05, 0.1) is 38.8 Å². The zero-order valence-electron chi connectivity index (χ0n) is 26.9. The van der Waals surface area contributed by atoms with Crippen molar-refractivity contribution in [1.29, 1.82) is 0 Å². The molecule has 54 heavy (non-hydrogen) atoms. The number of hydrogen-bond acceptors (Lipinski definition) is 17. The molecule has 0 aliphatic heterocycles. The number of aromatic hydroxyl groups is 1. The van der Waals surface area contributed by atoms with Gasteiger partial charge in [0.1, 0.15) is 16.3 Å². The number of carbonyl (C=O) groups is 1. The third-order valence-corrected chi connectivity index (χ3v) is 10.0. The number of phenols is 1. The summed E-state index contributed by atoms with van der Waals surface area (Å²) in [6, 6.07) is 16.6. The third kappa shape index (κ3) is 8.15. The lowest BCUT2D eigenvalue weighted by atomic mass is 10.1. The molecule has 0 saturated carbocycles. The second kappa shape index (κ2) is 15.1. The van der Waals surface area contributed by atoms with Gasteiger partial charge < -0.3 is 20.8 Å². The molecule has 7 N–H and O–H groups in total. The minimum absolute atomic E-state index is 0.0930. The lowest BCUT2D eigenvalue weighted by Crippen LogP contribution is -2.08. The molecule has 1 aromatic heterocycles. The predicted molar refractivity (Wildman–Crippen MR) is 194 cm³/mol. The number of rotatable bonds is 12. The van der Waals surface area contributed by atoms with Gasteiger partial charge in [0.15, 0.2) is 5.75 Å². The Kier molecular flexibility index (Phi) is 10.6. The molecule has 23 heteroatoms. The molecular weight excluding hydrogens is 794 g/mol. The number of fused-ring (bicyclic) bond motifs is 2. The van der Waals surface area contributed by atoms with Crippen LogP contribution in [0.4, 0.5) is 34.6 Å². The molecule has 0 amide bonds. The Morgan fingerprint density at radius 3 is 2.22 bits per heavy atom. The van der Waals surface area contributed by atoms with Crippen LogP contribution in [0, 0.1) is 6.92 Å². The summed E-state index contributed by atoms with van der Waals surface area (Å²) in [5, 5.41) is 47.2. The van der Waals surface area contributed by atoms with E-state index in [9.17, 15) is 40.9 Å². The van der Waals surface area contributed by atoms with Crippen molar-refractivity contribution >= 4 is 106 Å². The number of carboxylic acid groups (broad SMARTS) is 1. The lowest BCUT2D eigenvalue weighted by Gasteiger charge is -2.15. The van der Waals surface area contributed by atoms with Gasteiger partial charge in [-0.15, -0.1) is 14.6 Å². The molecule has 0 saturated heterocycles. The van der Waals surface area contributed by atoms with Crippen molar-refractivity contribution < 1.29 is 55.6 Å². The molecule has 0 bridgehead atoms. The number of hydrogen-bond donors (Lipinski definition) is 7. The van der Waals surface area contributed by atoms with E-state index in [2.05, 4.69) is 45.2 Å². The molecule has 0 radical (unpaired) electrons. The summed E-state index contributed by atoms with van der Waals surface area (Å²) in [5.41, 5.74) is -0.425. The average molecular weight is 816 g/mol. The highest BCUT2D eigenvalue weighted by molar-refractivity contribution is 7.94. The molecule has 278 valence electrons. The zero-order valence-corrected chi connectivity index (χ0v) is 30.1. The molecule has 19 nitrogen and oxygen atoms in total. The largest absolute Gasteiger partial charge is 0.505 e. The maximum atomic E-state index is 12.5. The van der Waals surface area contributed by atoms with E-state index >= 15 is 0 Å². The number of nitrogens with one attached hydrogen (secondary N) is 2. The van der Waals surface area contributed by atoms with Crippen LogP contribution in [0.15, 0.2) is 97.7 Å². The molecule has 0 atom stereocenters. The molecule has 0 aliphatic carbocycles. The fourth-order valence-electron chi connectivity index (χ4n) is 5.25. The summed E-state index contributed by atoms with van der Waals surface area (Å²) in [6.45, 7) is 1.70. The van der Waals surface area contributed by atoms with Gasteiger partial charge in [0, 0.05) is 10.8 Å². The van der Waals surface area contributed by atoms with Crippen LogP contribution < -0.4 is 10.6 Å². The monoisotopic (exact) mass is 815 g/mol. The fourth-order valence-corrected chi connectivity index (χ4v) is 7.29. The molecule has 1 heterocycles. The number of phenolic OH excluding ortho intramolecular Hbond substituents is 1. The lowest BCUT2D eigenvalue weighted by molar-refractivity contribution is -0.432. The quantitative estimate of drug-likeness (QED) is 0.0208. The van der Waals surface area contributed by atoms with E-state index in [1.54, 1.807) is 25.1 Å². The number of nitrogens with zero attached hydrogens (tertiary/aromatic N) is 5. The number of halogens is 1. The summed E-state index contributed by atoms with van der Waals surface area (Å²) in [7, 11) is -9.80. The maximum Gasteiger partial charge on any atom is 0.337 e. The highest BCUT2D eigenvalue weighted by Crippen LogP contribution is 2.48. The first-order valence-electron chi connectivity index (χ1n) is 14.7. The standard InChI is InChI=1S/C31H22ClN7O12S3/c1-14-6-8-20(19(10-14)28(41)42)33-30-35-29(32)36-31(37-30)34-22-13-17(53(44,45)46)11-16-12-23(52-51-50-43)25(26(40)24(16)22)39-38-21-9-7-15-4-2-3-5-18(15)27(21)54(47,48)49/h2-13,40,43H,1H3,(H,41,42)(H,44,45,46)(H,47,48,49)(H2,33,34,35,36,37). The summed E-state index contributed by atoms with van der Waals surface area (Å²) in [6.07, 6.45) is 0. The Morgan fingerprint density at radius 1 is 0.852 bits per heavy atom. The minimum Gasteiger partial charge on any atom is -0.505 e. The first-order chi connectivity index (χ1) is 25.5. The van der Waals surface area contributed by atoms with Gasteiger partial charge in [-0.1, -0.05) is 47.0 Å². The Bertz CT molecular complexity index is 2760. The Morgan fingerprint density at radius 2 is 1.56 bits per heavy atom. The van der Waals surface area contributed by atoms with E-state index in [0.717, 1.165) is 12.1 Å². The second-order valence-corrected chi connectivity index (χ2v) is 14.9. The van der Waals surface area contributed by atoms with Gasteiger partial charge >= 0.3 is 5.97 Å². The van der Waals surface area contributed by atoms with Gasteiger partial charge in [0.2, 0.25) is 17.2 Å². The molecule has 0 unspecified atom stereocenters. The van der Waals surface area contributed by atoms with E-state index in [0.29, 0.717) is 10.9 Å². The van der Waals surface area contributed by atoms with Crippen LogP contribution in [0.2, 0.25) is 5.28 Å². The number of azo groups is 1. The average Bonchev–Trinajstić information content (AvgIpc) is 3.09. The van der Waals surface area contributed by atoms with E-state index < -0.39 is 52.7 Å². The van der Waals surface area contributed by atoms with Gasteiger partial charge in [-0.25, -0.2) is 10.1 Å². The van der Waals surface area contributed by atoms with Crippen molar-refractivity contribution in [2.75, 3.05) is 10.6 Å². The molecular formula is C31H22ClN7O12S3. The van der Waals surface area contributed by atoms with Crippen molar-refractivity contribution in [2.45, 2.75) is 21.6 Å². The third-order valence-electron chi connectivity index (χ3n) is 7.46. The molecule has 6 rings (SSSR count). The van der Waals surface area contributed by atoms with Crippen LogP contribution >= 0.6 is 23.6 Å². The van der Waals surface area contributed by atoms with E-state index in [4.69, 9.17) is 16.9 Å². The van der Waals surface area contributed by atoms with Crippen molar-refractivity contribution in [3.05, 3.63) is 89.2 Å². The van der Waals surface area contributed by atoms with Gasteiger partial charge in [0.25, 0.3) is 20.2 Å². The van der Waals surface area contributed by atoms with Crippen LogP contribution in [0.25, 0.3) is 21.5 Å². The van der Waals surface area contributed by atoms with E-state index in [1.165, 1.54) is 42.5 Å². The van der Waals surface area contributed by atoms with E-state index in [1.807, 2.05) is 0 Å². The predicted octanol–water partition coefficient (Wildman–Crippen LogP) is 7.37. The zero-order chi connectivity index (χ0) is 38.9. The van der Waals surface area contributed by atoms with Gasteiger partial charge in [-0.3, -0.25) is 9.11 Å². The van der Waals surface area contributed by atoms with E-state index in [-0.39, 0.29) is 67.6 Å². The second-order valence-electron chi connectivity index (χ2n) is 11.0. The smallest absolute Gasteiger partial charge is 0.337 e. The minimum atomic E-state index is -4.91.